The fourth-order valence-corrected chi connectivity index (χ4v) is 2.72. The fraction of sp³-hybridized carbons (Fsp3) is 0.333. The van der Waals surface area contributed by atoms with Crippen molar-refractivity contribution >= 4 is 19.5 Å². The minimum Gasteiger partial charge on any atom is -0.463 e. The summed E-state index contributed by atoms with van der Waals surface area (Å²) in [4.78, 5) is 0. The van der Waals surface area contributed by atoms with Gasteiger partial charge in [-0.2, -0.15) is 0 Å². The molecule has 0 spiro atoms. The topological polar surface area (TPSA) is 9.23 Å². The van der Waals surface area contributed by atoms with E-state index in [0.29, 0.717) is 0 Å². The van der Waals surface area contributed by atoms with Gasteiger partial charge in [0.15, 0.2) is 0 Å². The Kier molecular flexibility index (Phi) is 5.92. The Morgan fingerprint density at radius 1 is 1.33 bits per heavy atom. The normalized spacial score (nSPS) is 9.89. The summed E-state index contributed by atoms with van der Waals surface area (Å²) < 4.78 is 5.33. The van der Waals surface area contributed by atoms with Gasteiger partial charge in [0, 0.05) is 0 Å². The SMILES string of the molecule is C=CC[Si](CC=C)O[SiH3]. The molecule has 9 heavy (non-hydrogen) atoms. The van der Waals surface area contributed by atoms with Gasteiger partial charge in [-0.1, -0.05) is 12.2 Å². The highest BCUT2D eigenvalue weighted by Crippen LogP contribution is 1.99. The van der Waals surface area contributed by atoms with Crippen LogP contribution in [0.5, 0.6) is 0 Å². The summed E-state index contributed by atoms with van der Waals surface area (Å²) in [7, 11) is 0.290. The molecule has 0 aromatic carbocycles. The van der Waals surface area contributed by atoms with E-state index in [0.717, 1.165) is 22.6 Å². The van der Waals surface area contributed by atoms with Crippen LogP contribution in [0.3, 0.4) is 0 Å². The second-order valence-electron chi connectivity index (χ2n) is 1.73. The molecule has 0 unspecified atom stereocenters. The first kappa shape index (κ1) is 8.87. The molecule has 0 N–H and O–H groups in total. The predicted molar refractivity (Wildman–Crippen MR) is 46.8 cm³/mol. The summed E-state index contributed by atoms with van der Waals surface area (Å²) in [5, 5.41) is 0. The van der Waals surface area contributed by atoms with Crippen molar-refractivity contribution in [1.82, 2.24) is 0 Å². The molecule has 1 nitrogen and oxygen atoms in total. The van der Waals surface area contributed by atoms with E-state index in [4.69, 9.17) is 4.12 Å². The van der Waals surface area contributed by atoms with Crippen molar-refractivity contribution in [2.24, 2.45) is 0 Å². The van der Waals surface area contributed by atoms with E-state index in [-0.39, 0.29) is 0 Å². The molecule has 0 bridgehead atoms. The van der Waals surface area contributed by atoms with Crippen molar-refractivity contribution < 1.29 is 4.12 Å². The van der Waals surface area contributed by atoms with Gasteiger partial charge in [-0.25, -0.2) is 0 Å². The van der Waals surface area contributed by atoms with Crippen molar-refractivity contribution in [3.63, 3.8) is 0 Å². The van der Waals surface area contributed by atoms with E-state index >= 15 is 0 Å². The largest absolute Gasteiger partial charge is 0.463 e. The third-order valence-corrected chi connectivity index (χ3v) is 4.83. The third kappa shape index (κ3) is 4.38. The number of allylic oxidation sites excluding steroid dienone is 2. The van der Waals surface area contributed by atoms with Gasteiger partial charge in [-0.15, -0.1) is 13.2 Å². The molecule has 1 radical (unpaired) electrons. The van der Waals surface area contributed by atoms with Crippen LogP contribution in [0.2, 0.25) is 12.1 Å². The zero-order chi connectivity index (χ0) is 7.11. The van der Waals surface area contributed by atoms with E-state index in [9.17, 15) is 0 Å². The molecule has 0 aliphatic carbocycles. The maximum atomic E-state index is 5.33. The van der Waals surface area contributed by atoms with E-state index < -0.39 is 9.04 Å². The van der Waals surface area contributed by atoms with E-state index in [1.165, 1.54) is 0 Å². The molecule has 0 aromatic heterocycles. The summed E-state index contributed by atoms with van der Waals surface area (Å²) >= 11 is 0. The van der Waals surface area contributed by atoms with Crippen LogP contribution in [-0.4, -0.2) is 19.5 Å². The van der Waals surface area contributed by atoms with Gasteiger partial charge in [0.2, 0.25) is 9.04 Å². The first-order valence-corrected chi connectivity index (χ1v) is 5.59. The molecule has 51 valence electrons. The fourth-order valence-electron chi connectivity index (χ4n) is 0.572. The van der Waals surface area contributed by atoms with Gasteiger partial charge in [-0.3, -0.25) is 0 Å². The highest BCUT2D eigenvalue weighted by Gasteiger charge is 2.03. The second-order valence-corrected chi connectivity index (χ2v) is 5.26. The lowest BCUT2D eigenvalue weighted by atomic mass is 10.7. The van der Waals surface area contributed by atoms with Crippen LogP contribution >= 0.6 is 0 Å². The molecule has 0 fully saturated rings. The first-order valence-electron chi connectivity index (χ1n) is 2.95. The highest BCUT2D eigenvalue weighted by atomic mass is 28.3. The summed E-state index contributed by atoms with van der Waals surface area (Å²) in [5.41, 5.74) is 0. The molecule has 0 amide bonds. The van der Waals surface area contributed by atoms with Crippen molar-refractivity contribution in [3.05, 3.63) is 25.3 Å². The summed E-state index contributed by atoms with van der Waals surface area (Å²) in [6, 6.07) is 2.08. The van der Waals surface area contributed by atoms with Crippen LogP contribution in [-0.2, 0) is 4.12 Å². The zero-order valence-corrected chi connectivity index (χ0v) is 8.89. The minimum absolute atomic E-state index is 0.560. The average molecular weight is 157 g/mol. The van der Waals surface area contributed by atoms with Gasteiger partial charge in [0.05, 0.1) is 0 Å². The quantitative estimate of drug-likeness (QED) is 0.420. The molecule has 0 aliphatic heterocycles. The molecule has 0 saturated carbocycles. The third-order valence-electron chi connectivity index (χ3n) is 1.03. The number of rotatable bonds is 5. The monoisotopic (exact) mass is 157 g/mol. The van der Waals surface area contributed by atoms with Gasteiger partial charge < -0.3 is 4.12 Å². The van der Waals surface area contributed by atoms with Crippen LogP contribution in [0.1, 0.15) is 0 Å². The zero-order valence-electron chi connectivity index (χ0n) is 5.89. The van der Waals surface area contributed by atoms with Gasteiger partial charge in [0.1, 0.15) is 10.5 Å². The van der Waals surface area contributed by atoms with E-state index in [2.05, 4.69) is 13.2 Å². The van der Waals surface area contributed by atoms with Gasteiger partial charge >= 0.3 is 0 Å². The van der Waals surface area contributed by atoms with Crippen LogP contribution in [0.25, 0.3) is 0 Å². The summed E-state index contributed by atoms with van der Waals surface area (Å²) in [5.74, 6) is 0. The van der Waals surface area contributed by atoms with Crippen LogP contribution in [0.15, 0.2) is 25.3 Å². The standard InChI is InChI=1S/C6H13OSi2/c1-3-5-9(7-8)6-4-2/h3-4H,1-2,5-6H2,8H3. The highest BCUT2D eigenvalue weighted by molar-refractivity contribution is 6.56. The molecule has 0 atom stereocenters. The van der Waals surface area contributed by atoms with E-state index in [1.807, 2.05) is 12.2 Å². The maximum absolute atomic E-state index is 5.33. The smallest absolute Gasteiger partial charge is 0.205 e. The lowest BCUT2D eigenvalue weighted by Gasteiger charge is -2.05. The Balaban J connectivity index is 3.39. The lowest BCUT2D eigenvalue weighted by molar-refractivity contribution is 0.636. The Labute approximate surface area is 61.7 Å². The Hall–Kier alpha value is -0.126. The number of hydrogen-bond donors (Lipinski definition) is 0. The van der Waals surface area contributed by atoms with Crippen LogP contribution < -0.4 is 0 Å². The van der Waals surface area contributed by atoms with Crippen LogP contribution in [0.4, 0.5) is 0 Å². The Morgan fingerprint density at radius 2 is 1.78 bits per heavy atom. The van der Waals surface area contributed by atoms with E-state index in [1.54, 1.807) is 0 Å². The molecule has 0 aliphatic rings. The van der Waals surface area contributed by atoms with Crippen molar-refractivity contribution in [1.29, 1.82) is 0 Å². The summed E-state index contributed by atoms with van der Waals surface area (Å²) in [6.07, 6.45) is 3.85. The molecule has 0 saturated heterocycles. The molecule has 0 aromatic rings. The van der Waals surface area contributed by atoms with Crippen molar-refractivity contribution in [3.8, 4) is 0 Å². The molecular weight excluding hydrogens is 144 g/mol. The maximum Gasteiger partial charge on any atom is 0.205 e. The lowest BCUT2D eigenvalue weighted by Crippen LogP contribution is -2.13. The van der Waals surface area contributed by atoms with Gasteiger partial charge in [0.25, 0.3) is 0 Å². The number of hydrogen-bond acceptors (Lipinski definition) is 1. The average Bonchev–Trinajstić information content (AvgIpc) is 1.88. The van der Waals surface area contributed by atoms with Gasteiger partial charge in [-0.05, 0) is 12.1 Å². The second kappa shape index (κ2) is 6.00. The van der Waals surface area contributed by atoms with Crippen molar-refractivity contribution in [2.45, 2.75) is 12.1 Å². The van der Waals surface area contributed by atoms with Crippen LogP contribution in [0, 0.1) is 0 Å². The Bertz CT molecular complexity index is 83.1. The summed E-state index contributed by atoms with van der Waals surface area (Å²) in [6.45, 7) is 7.31. The predicted octanol–water partition coefficient (Wildman–Crippen LogP) is 0.647. The first-order chi connectivity index (χ1) is 4.35. The van der Waals surface area contributed by atoms with Crippen molar-refractivity contribution in [2.75, 3.05) is 0 Å². The Morgan fingerprint density at radius 3 is 2.00 bits per heavy atom. The molecule has 0 rings (SSSR count). The minimum atomic E-state index is -0.560. The molecule has 3 heteroatoms. The molecular formula is C6H13OSi2. The molecule has 0 heterocycles.